The highest BCUT2D eigenvalue weighted by molar-refractivity contribution is 5.90. The minimum absolute atomic E-state index is 0.100. The number of fused-ring (bicyclic) bond motifs is 4. The molecular weight excluding hydrogens is 686 g/mol. The first-order valence-electron chi connectivity index (χ1n) is 19.3. The SMILES string of the molecule is COC(=O)C1=C[C@@H]2CCC=C[C@@H]([C@@H]2O[C@]2(CO)O[C@H](CO)[C@]34OC(CCCO)=c5[n-]c([C@H](C)C6CCCCC6)cc5=C3CC[C@@]2(O)[C@H]4O)[C@@H]1CC(=O)O. The standard InChI is InChI=1S/C40H54NO12/c1-22(23-9-4-3-5-10-23)30-18-28-29-14-15-38(49)37(48)40(29,51-31(13-8-16-42)34(28)41-30)32(20-43)52-39(38,21-44)53-35-24-11-6-7-12-25(35)26(19-33(45)46)27(17-24)36(47)50-2/h7,12,17-18,22-26,32,35,37,42-44,48-49H,3-6,8-11,13-16,19-21H2,1-2H3,(H,45,46)/q-1/t22-,24+,25-,26+,32-,35-,37-,38-,39+,40-/m1/s1. The summed E-state index contributed by atoms with van der Waals surface area (Å²) >= 11 is 0. The van der Waals surface area contributed by atoms with E-state index in [1.54, 1.807) is 6.08 Å². The maximum absolute atomic E-state index is 12.9. The van der Waals surface area contributed by atoms with Crippen molar-refractivity contribution < 1.29 is 59.2 Å². The molecule has 1 spiro atoms. The molecule has 1 aromatic rings. The predicted octanol–water partition coefficient (Wildman–Crippen LogP) is 1.27. The highest BCUT2D eigenvalue weighted by atomic mass is 16.7. The number of ether oxygens (including phenoxy) is 4. The van der Waals surface area contributed by atoms with Gasteiger partial charge in [-0.25, -0.2) is 4.79 Å². The molecule has 3 heterocycles. The van der Waals surface area contributed by atoms with E-state index in [-0.39, 0.29) is 37.4 Å². The molecule has 1 saturated heterocycles. The zero-order valence-electron chi connectivity index (χ0n) is 30.6. The van der Waals surface area contributed by atoms with Crippen LogP contribution in [0.5, 0.6) is 0 Å². The summed E-state index contributed by atoms with van der Waals surface area (Å²) in [6.45, 7) is 0.503. The van der Waals surface area contributed by atoms with E-state index >= 15 is 0 Å². The van der Waals surface area contributed by atoms with E-state index in [4.69, 9.17) is 23.9 Å². The molecule has 3 fully saturated rings. The fraction of sp³-hybridized carbons (Fsp3) is 0.700. The van der Waals surface area contributed by atoms with Crippen LogP contribution in [0.4, 0.5) is 0 Å². The van der Waals surface area contributed by atoms with Crippen LogP contribution in [0, 0.1) is 23.7 Å². The molecule has 13 heteroatoms. The lowest BCUT2D eigenvalue weighted by Crippen LogP contribution is -2.83. The Kier molecular flexibility index (Phi) is 10.7. The molecule has 53 heavy (non-hydrogen) atoms. The lowest BCUT2D eigenvalue weighted by molar-refractivity contribution is -0.436. The Morgan fingerprint density at radius 2 is 1.91 bits per heavy atom. The molecule has 10 atom stereocenters. The van der Waals surface area contributed by atoms with E-state index in [2.05, 4.69) is 13.0 Å². The molecule has 4 bridgehead atoms. The number of esters is 1. The van der Waals surface area contributed by atoms with Crippen LogP contribution in [0.15, 0.2) is 29.9 Å². The lowest BCUT2D eigenvalue weighted by Gasteiger charge is -2.64. The zero-order valence-corrected chi connectivity index (χ0v) is 30.6. The topological polar surface area (TPSA) is 207 Å². The van der Waals surface area contributed by atoms with Gasteiger partial charge in [0.15, 0.2) is 11.2 Å². The van der Waals surface area contributed by atoms with Gasteiger partial charge in [-0.1, -0.05) is 55.8 Å². The summed E-state index contributed by atoms with van der Waals surface area (Å²) in [7, 11) is 1.24. The average molecular weight is 741 g/mol. The van der Waals surface area contributed by atoms with E-state index in [1.165, 1.54) is 26.4 Å². The summed E-state index contributed by atoms with van der Waals surface area (Å²) in [6, 6.07) is 2.05. The van der Waals surface area contributed by atoms with E-state index in [0.717, 1.165) is 23.8 Å². The number of carboxylic acid groups (broad SMARTS) is 1. The van der Waals surface area contributed by atoms with Crippen molar-refractivity contribution in [3.8, 4) is 0 Å². The number of carbonyl (C=O) groups is 2. The number of methoxy groups -OCH3 is 1. The second-order valence-corrected chi connectivity index (χ2v) is 15.9. The molecule has 2 aliphatic heterocycles. The minimum Gasteiger partial charge on any atom is -0.658 e. The number of carboxylic acids is 1. The molecule has 2 saturated carbocycles. The van der Waals surface area contributed by atoms with Gasteiger partial charge in [0.1, 0.15) is 18.8 Å². The number of aliphatic hydroxyl groups excluding tert-OH is 4. The Morgan fingerprint density at radius 3 is 2.58 bits per heavy atom. The molecule has 0 amide bonds. The van der Waals surface area contributed by atoms with Crippen molar-refractivity contribution >= 4 is 23.3 Å². The van der Waals surface area contributed by atoms with Gasteiger partial charge in [0, 0.05) is 36.4 Å². The molecule has 0 radical (unpaired) electrons. The summed E-state index contributed by atoms with van der Waals surface area (Å²) in [5.41, 5.74) is -2.26. The summed E-state index contributed by atoms with van der Waals surface area (Å²) in [6.07, 6.45) is 8.70. The van der Waals surface area contributed by atoms with Crippen molar-refractivity contribution in [2.75, 3.05) is 26.9 Å². The van der Waals surface area contributed by atoms with Crippen molar-refractivity contribution in [2.24, 2.45) is 23.7 Å². The van der Waals surface area contributed by atoms with Gasteiger partial charge in [-0.2, -0.15) is 5.69 Å². The van der Waals surface area contributed by atoms with Crippen LogP contribution >= 0.6 is 0 Å². The van der Waals surface area contributed by atoms with E-state index in [0.29, 0.717) is 41.9 Å². The van der Waals surface area contributed by atoms with Gasteiger partial charge in [-0.05, 0) is 67.6 Å². The average Bonchev–Trinajstić information content (AvgIpc) is 3.55. The van der Waals surface area contributed by atoms with Gasteiger partial charge < -0.3 is 54.6 Å². The first kappa shape index (κ1) is 38.2. The van der Waals surface area contributed by atoms with Crippen LogP contribution < -0.4 is 15.6 Å². The van der Waals surface area contributed by atoms with Gasteiger partial charge in [0.25, 0.3) is 0 Å². The first-order valence-corrected chi connectivity index (χ1v) is 19.3. The third-order valence-corrected chi connectivity index (χ3v) is 13.2. The largest absolute Gasteiger partial charge is 0.658 e. The van der Waals surface area contributed by atoms with Crippen LogP contribution in [0.2, 0.25) is 0 Å². The van der Waals surface area contributed by atoms with E-state index in [1.807, 2.05) is 12.2 Å². The molecule has 292 valence electrons. The second-order valence-electron chi connectivity index (χ2n) is 15.9. The summed E-state index contributed by atoms with van der Waals surface area (Å²) < 4.78 is 25.2. The van der Waals surface area contributed by atoms with Crippen molar-refractivity contribution in [2.45, 2.75) is 125 Å². The second kappa shape index (κ2) is 14.9. The summed E-state index contributed by atoms with van der Waals surface area (Å²) in [5.74, 6) is -4.96. The quantitative estimate of drug-likeness (QED) is 0.132. The smallest absolute Gasteiger partial charge is 0.333 e. The maximum Gasteiger partial charge on any atom is 0.333 e. The number of aliphatic carboxylic acids is 1. The number of carbonyl (C=O) groups excluding carboxylic acids is 1. The van der Waals surface area contributed by atoms with Crippen LogP contribution in [0.1, 0.15) is 95.6 Å². The molecular formula is C40H54NO12-. The third-order valence-electron chi connectivity index (χ3n) is 13.2. The number of rotatable bonds is 12. The molecule has 0 aromatic carbocycles. The van der Waals surface area contributed by atoms with Crippen LogP contribution in [0.3, 0.4) is 0 Å². The molecule has 6 aliphatic rings. The molecule has 13 nitrogen and oxygen atoms in total. The molecule has 4 aliphatic carbocycles. The van der Waals surface area contributed by atoms with Gasteiger partial charge in [0.05, 0.1) is 32.0 Å². The van der Waals surface area contributed by atoms with Gasteiger partial charge in [-0.15, -0.1) is 0 Å². The van der Waals surface area contributed by atoms with Gasteiger partial charge in [0.2, 0.25) is 5.79 Å². The predicted molar refractivity (Wildman–Crippen MR) is 189 cm³/mol. The monoisotopic (exact) mass is 740 g/mol. The fourth-order valence-corrected chi connectivity index (χ4v) is 10.4. The molecule has 0 unspecified atom stereocenters. The number of hydrogen-bond acceptors (Lipinski definition) is 11. The summed E-state index contributed by atoms with van der Waals surface area (Å²) in [5, 5.41) is 68.7. The Morgan fingerprint density at radius 1 is 1.13 bits per heavy atom. The van der Waals surface area contributed by atoms with E-state index < -0.39 is 84.6 Å². The van der Waals surface area contributed by atoms with Gasteiger partial charge in [-0.3, -0.25) is 4.79 Å². The molecule has 1 aromatic heterocycles. The normalized spacial score (nSPS) is 37.2. The number of hydrogen-bond donors (Lipinski definition) is 6. The van der Waals surface area contributed by atoms with Crippen molar-refractivity contribution in [1.82, 2.24) is 4.98 Å². The van der Waals surface area contributed by atoms with Crippen molar-refractivity contribution in [3.63, 3.8) is 0 Å². The zero-order chi connectivity index (χ0) is 37.7. The number of allylic oxidation sites excluding steroid dienone is 1. The third kappa shape index (κ3) is 6.11. The van der Waals surface area contributed by atoms with Crippen LogP contribution in [-0.4, -0.2) is 105 Å². The van der Waals surface area contributed by atoms with Crippen molar-refractivity contribution in [3.05, 3.63) is 46.1 Å². The fourth-order valence-electron chi connectivity index (χ4n) is 10.4. The minimum atomic E-state index is -2.28. The molecule has 7 rings (SSSR count). The number of aromatic nitrogens is 1. The lowest BCUT2D eigenvalue weighted by atomic mass is 9.60. The Hall–Kier alpha value is -3.04. The Bertz CT molecular complexity index is 1740. The van der Waals surface area contributed by atoms with Crippen LogP contribution in [0.25, 0.3) is 11.3 Å². The molecule has 6 N–H and O–H groups in total. The highest BCUT2D eigenvalue weighted by Gasteiger charge is 2.75. The number of aliphatic hydroxyl groups is 5. The van der Waals surface area contributed by atoms with Crippen LogP contribution in [-0.2, 0) is 28.5 Å². The Labute approximate surface area is 309 Å². The first-order chi connectivity index (χ1) is 25.5. The number of nitrogens with zero attached hydrogens (tertiary/aromatic N) is 1. The Balaban J connectivity index is 1.31. The van der Waals surface area contributed by atoms with E-state index in [9.17, 15) is 40.2 Å². The maximum atomic E-state index is 12.9. The summed E-state index contributed by atoms with van der Waals surface area (Å²) in [4.78, 5) is 30.1. The highest BCUT2D eigenvalue weighted by Crippen LogP contribution is 2.58. The van der Waals surface area contributed by atoms with Gasteiger partial charge >= 0.3 is 11.9 Å². The van der Waals surface area contributed by atoms with Crippen molar-refractivity contribution in [1.29, 1.82) is 0 Å².